The van der Waals surface area contributed by atoms with E-state index in [1.165, 1.54) is 0 Å². The maximum absolute atomic E-state index is 12.0. The van der Waals surface area contributed by atoms with Crippen molar-refractivity contribution < 1.29 is 0 Å². The number of anilines is 2. The predicted molar refractivity (Wildman–Crippen MR) is 85.4 cm³/mol. The molecule has 0 atom stereocenters. The summed E-state index contributed by atoms with van der Waals surface area (Å²) in [5, 5.41) is 0. The molecule has 0 saturated carbocycles. The topological polar surface area (TPSA) is 47.1 Å². The smallest absolute Gasteiger partial charge is 0.253 e. The van der Waals surface area contributed by atoms with Crippen molar-refractivity contribution in [3.05, 3.63) is 20.4 Å². The van der Waals surface area contributed by atoms with E-state index in [0.717, 1.165) is 58.9 Å². The summed E-state index contributed by atoms with van der Waals surface area (Å²) >= 11 is 0. The van der Waals surface area contributed by atoms with E-state index in [4.69, 9.17) is 0 Å². The average molecular weight is 292 g/mol. The molecule has 0 aromatic heterocycles. The Bertz CT molecular complexity index is 562. The minimum absolute atomic E-state index is 0.283. The van der Waals surface area contributed by atoms with E-state index >= 15 is 0 Å². The minimum Gasteiger partial charge on any atom is -0.364 e. The molecular weight excluding hydrogens is 268 g/mol. The van der Waals surface area contributed by atoms with Gasteiger partial charge in [0.1, 0.15) is 11.4 Å². The second kappa shape index (κ2) is 5.77. The molecule has 6 nitrogen and oxygen atoms in total. The molecule has 0 N–H and O–H groups in total. The standard InChI is InChI=1S/C15H24N4O2/c1-3-17-6-10-19(11-7-17)13-12(14(20)15(13)21)18-8-4-16(2)5-9-18/h3-11H2,1-2H3. The first-order valence-corrected chi connectivity index (χ1v) is 7.86. The fourth-order valence-corrected chi connectivity index (χ4v) is 3.27. The molecule has 116 valence electrons. The Morgan fingerprint density at radius 2 is 1.19 bits per heavy atom. The summed E-state index contributed by atoms with van der Waals surface area (Å²) in [5.41, 5.74) is 0.791. The first kappa shape index (κ1) is 14.5. The largest absolute Gasteiger partial charge is 0.364 e. The summed E-state index contributed by atoms with van der Waals surface area (Å²) in [6, 6.07) is 0. The zero-order valence-electron chi connectivity index (χ0n) is 13.0. The summed E-state index contributed by atoms with van der Waals surface area (Å²) in [6.45, 7) is 10.4. The van der Waals surface area contributed by atoms with E-state index in [9.17, 15) is 9.59 Å². The first-order chi connectivity index (χ1) is 10.1. The highest BCUT2D eigenvalue weighted by Crippen LogP contribution is 2.26. The van der Waals surface area contributed by atoms with Crippen LogP contribution in [0.25, 0.3) is 0 Å². The third kappa shape index (κ3) is 2.58. The van der Waals surface area contributed by atoms with Gasteiger partial charge in [0.25, 0.3) is 10.9 Å². The second-order valence-corrected chi connectivity index (χ2v) is 6.07. The van der Waals surface area contributed by atoms with Gasteiger partial charge in [-0.3, -0.25) is 9.59 Å². The van der Waals surface area contributed by atoms with Gasteiger partial charge >= 0.3 is 0 Å². The third-order valence-corrected chi connectivity index (χ3v) is 4.82. The van der Waals surface area contributed by atoms with Crippen LogP contribution in [0.5, 0.6) is 0 Å². The normalized spacial score (nSPS) is 22.2. The van der Waals surface area contributed by atoms with Crippen molar-refractivity contribution in [3.63, 3.8) is 0 Å². The summed E-state index contributed by atoms with van der Waals surface area (Å²) in [4.78, 5) is 32.9. The van der Waals surface area contributed by atoms with Crippen molar-refractivity contribution in [2.24, 2.45) is 0 Å². The molecule has 0 aliphatic carbocycles. The Labute approximate surface area is 125 Å². The fourth-order valence-electron chi connectivity index (χ4n) is 3.27. The number of nitrogens with zero attached hydrogens (tertiary/aromatic N) is 4. The van der Waals surface area contributed by atoms with Gasteiger partial charge in [-0.2, -0.15) is 0 Å². The molecule has 0 bridgehead atoms. The van der Waals surface area contributed by atoms with Crippen molar-refractivity contribution in [3.8, 4) is 0 Å². The lowest BCUT2D eigenvalue weighted by Crippen LogP contribution is -2.55. The third-order valence-electron chi connectivity index (χ3n) is 4.82. The highest BCUT2D eigenvalue weighted by atomic mass is 16.2. The van der Waals surface area contributed by atoms with Gasteiger partial charge < -0.3 is 19.6 Å². The average Bonchev–Trinajstić information content (AvgIpc) is 2.53. The number of likely N-dealkylation sites (N-methyl/N-ethyl adjacent to an activating group) is 2. The van der Waals surface area contributed by atoms with Gasteiger partial charge in [0.05, 0.1) is 0 Å². The van der Waals surface area contributed by atoms with Crippen LogP contribution in [0.3, 0.4) is 0 Å². The lowest BCUT2D eigenvalue weighted by atomic mass is 10.1. The zero-order chi connectivity index (χ0) is 15.0. The van der Waals surface area contributed by atoms with E-state index in [1.807, 2.05) is 0 Å². The Morgan fingerprint density at radius 1 is 0.762 bits per heavy atom. The van der Waals surface area contributed by atoms with E-state index in [1.54, 1.807) is 0 Å². The highest BCUT2D eigenvalue weighted by molar-refractivity contribution is 5.76. The van der Waals surface area contributed by atoms with Crippen molar-refractivity contribution in [2.75, 3.05) is 75.8 Å². The van der Waals surface area contributed by atoms with Gasteiger partial charge in [0, 0.05) is 52.4 Å². The fraction of sp³-hybridized carbons (Fsp3) is 0.733. The SMILES string of the molecule is CCN1CCN(c2c(N3CCN(C)CC3)c(=O)c2=O)CC1. The van der Waals surface area contributed by atoms with Crippen molar-refractivity contribution in [1.82, 2.24) is 9.80 Å². The van der Waals surface area contributed by atoms with Crippen LogP contribution in [0.1, 0.15) is 6.92 Å². The van der Waals surface area contributed by atoms with E-state index in [-0.39, 0.29) is 10.9 Å². The summed E-state index contributed by atoms with van der Waals surface area (Å²) < 4.78 is 0. The zero-order valence-corrected chi connectivity index (χ0v) is 13.0. The molecule has 2 saturated heterocycles. The number of hydrogen-bond acceptors (Lipinski definition) is 6. The van der Waals surface area contributed by atoms with E-state index < -0.39 is 0 Å². The van der Waals surface area contributed by atoms with Gasteiger partial charge in [0.2, 0.25) is 0 Å². The van der Waals surface area contributed by atoms with Gasteiger partial charge in [-0.1, -0.05) is 6.92 Å². The van der Waals surface area contributed by atoms with Crippen LogP contribution >= 0.6 is 0 Å². The molecular formula is C15H24N4O2. The lowest BCUT2D eigenvalue weighted by Gasteiger charge is -2.40. The molecule has 21 heavy (non-hydrogen) atoms. The molecule has 0 radical (unpaired) electrons. The van der Waals surface area contributed by atoms with Gasteiger partial charge in [-0.15, -0.1) is 0 Å². The van der Waals surface area contributed by atoms with Gasteiger partial charge in [-0.25, -0.2) is 0 Å². The van der Waals surface area contributed by atoms with Crippen molar-refractivity contribution >= 4 is 11.4 Å². The van der Waals surface area contributed by atoms with E-state index in [2.05, 4.69) is 33.6 Å². The van der Waals surface area contributed by atoms with Crippen LogP contribution in [0.4, 0.5) is 11.4 Å². The van der Waals surface area contributed by atoms with E-state index in [0.29, 0.717) is 11.4 Å². The highest BCUT2D eigenvalue weighted by Gasteiger charge is 2.32. The number of rotatable bonds is 3. The molecule has 2 aliphatic rings. The minimum atomic E-state index is -0.285. The van der Waals surface area contributed by atoms with Crippen molar-refractivity contribution in [1.29, 1.82) is 0 Å². The molecule has 0 spiro atoms. The van der Waals surface area contributed by atoms with Gasteiger partial charge in [-0.05, 0) is 13.6 Å². The molecule has 1 aromatic rings. The summed E-state index contributed by atoms with van der Waals surface area (Å²) in [6.07, 6.45) is 0. The molecule has 2 fully saturated rings. The monoisotopic (exact) mass is 292 g/mol. The van der Waals surface area contributed by atoms with Crippen LogP contribution in [-0.2, 0) is 0 Å². The summed E-state index contributed by atoms with van der Waals surface area (Å²) in [5.74, 6) is 0. The van der Waals surface area contributed by atoms with Gasteiger partial charge in [0.15, 0.2) is 0 Å². The van der Waals surface area contributed by atoms with Crippen LogP contribution in [0.2, 0.25) is 0 Å². The Kier molecular flexibility index (Phi) is 3.99. The first-order valence-electron chi connectivity index (χ1n) is 7.86. The lowest BCUT2D eigenvalue weighted by molar-refractivity contribution is 0.270. The molecule has 6 heteroatoms. The molecule has 1 aromatic carbocycles. The maximum atomic E-state index is 12.0. The van der Waals surface area contributed by atoms with Crippen LogP contribution in [0, 0.1) is 0 Å². The Balaban J connectivity index is 1.76. The second-order valence-electron chi connectivity index (χ2n) is 6.07. The number of piperazine rings is 2. The molecule has 2 heterocycles. The molecule has 0 unspecified atom stereocenters. The molecule has 0 amide bonds. The van der Waals surface area contributed by atoms with Crippen molar-refractivity contribution in [2.45, 2.75) is 6.92 Å². The molecule has 3 rings (SSSR count). The van der Waals surface area contributed by atoms with Crippen LogP contribution < -0.4 is 20.7 Å². The maximum Gasteiger partial charge on any atom is 0.253 e. The quantitative estimate of drug-likeness (QED) is 0.678. The van der Waals surface area contributed by atoms with Crippen LogP contribution in [-0.4, -0.2) is 75.8 Å². The van der Waals surface area contributed by atoms with Crippen LogP contribution in [0.15, 0.2) is 9.59 Å². The molecule has 2 aliphatic heterocycles. The summed E-state index contributed by atoms with van der Waals surface area (Å²) in [7, 11) is 2.09. The Hall–Kier alpha value is -1.40. The predicted octanol–water partition coefficient (Wildman–Crippen LogP) is -0.824. The Morgan fingerprint density at radius 3 is 1.62 bits per heavy atom. The number of hydrogen-bond donors (Lipinski definition) is 0.